The predicted molar refractivity (Wildman–Crippen MR) is 74.7 cm³/mol. The van der Waals surface area contributed by atoms with Crippen molar-refractivity contribution in [2.75, 3.05) is 5.73 Å². The summed E-state index contributed by atoms with van der Waals surface area (Å²) >= 11 is 9.05. The van der Waals surface area contributed by atoms with Crippen molar-refractivity contribution < 1.29 is 4.39 Å². The van der Waals surface area contributed by atoms with E-state index in [0.717, 1.165) is 10.2 Å². The van der Waals surface area contributed by atoms with E-state index in [-0.39, 0.29) is 10.9 Å². The third-order valence-electron chi connectivity index (χ3n) is 2.58. The Morgan fingerprint density at radius 1 is 1.44 bits per heavy atom. The van der Waals surface area contributed by atoms with E-state index in [9.17, 15) is 4.39 Å². The third kappa shape index (κ3) is 2.24. The van der Waals surface area contributed by atoms with Crippen LogP contribution in [-0.2, 0) is 0 Å². The fourth-order valence-corrected chi connectivity index (χ4v) is 2.43. The largest absolute Gasteiger partial charge is 0.383 e. The molecule has 0 saturated carbocycles. The first kappa shape index (κ1) is 13.4. The van der Waals surface area contributed by atoms with Gasteiger partial charge in [0.1, 0.15) is 11.6 Å². The molecule has 0 aliphatic heterocycles. The maximum Gasteiger partial charge on any atom is 0.143 e. The van der Waals surface area contributed by atoms with E-state index in [1.54, 1.807) is 6.07 Å². The lowest BCUT2D eigenvalue weighted by Crippen LogP contribution is -2.02. The summed E-state index contributed by atoms with van der Waals surface area (Å²) in [5.41, 5.74) is 7.34. The van der Waals surface area contributed by atoms with Gasteiger partial charge in [0, 0.05) is 6.07 Å². The molecule has 0 aliphatic rings. The van der Waals surface area contributed by atoms with Crippen molar-refractivity contribution >= 4 is 33.3 Å². The predicted octanol–water partition coefficient (Wildman–Crippen LogP) is 4.13. The minimum atomic E-state index is -0.494. The maximum atomic E-state index is 13.4. The molecule has 0 unspecified atom stereocenters. The molecule has 0 radical (unpaired) electrons. The van der Waals surface area contributed by atoms with Crippen LogP contribution in [0, 0.1) is 5.82 Å². The van der Waals surface area contributed by atoms with E-state index in [1.807, 2.05) is 13.8 Å². The zero-order chi connectivity index (χ0) is 13.4. The standard InChI is InChI=1S/C12H12BrClFN3/c1-6(2)11-10(13)12(16)18(17-11)7-3-4-8(14)9(15)5-7/h3-6H,16H2,1-2H3. The van der Waals surface area contributed by atoms with Crippen LogP contribution in [-0.4, -0.2) is 9.78 Å². The van der Waals surface area contributed by atoms with Gasteiger partial charge in [0.05, 0.1) is 20.9 Å². The van der Waals surface area contributed by atoms with Crippen LogP contribution in [0.25, 0.3) is 5.69 Å². The lowest BCUT2D eigenvalue weighted by atomic mass is 10.1. The molecule has 96 valence electrons. The monoisotopic (exact) mass is 331 g/mol. The van der Waals surface area contributed by atoms with Gasteiger partial charge in [-0.05, 0) is 34.0 Å². The summed E-state index contributed by atoms with van der Waals surface area (Å²) in [5.74, 6) is 0.173. The molecule has 3 nitrogen and oxygen atoms in total. The Kier molecular flexibility index (Phi) is 3.64. The highest BCUT2D eigenvalue weighted by Gasteiger charge is 2.17. The molecule has 1 aromatic heterocycles. The van der Waals surface area contributed by atoms with Gasteiger partial charge in [-0.15, -0.1) is 0 Å². The van der Waals surface area contributed by atoms with E-state index < -0.39 is 5.82 Å². The van der Waals surface area contributed by atoms with E-state index in [2.05, 4.69) is 21.0 Å². The minimum Gasteiger partial charge on any atom is -0.383 e. The number of nitrogens with zero attached hydrogens (tertiary/aromatic N) is 2. The summed E-state index contributed by atoms with van der Waals surface area (Å²) in [6.07, 6.45) is 0. The maximum absolute atomic E-state index is 13.4. The van der Waals surface area contributed by atoms with Gasteiger partial charge in [-0.1, -0.05) is 25.4 Å². The highest BCUT2D eigenvalue weighted by Crippen LogP contribution is 2.31. The molecule has 0 saturated heterocycles. The second-order valence-electron chi connectivity index (χ2n) is 4.25. The van der Waals surface area contributed by atoms with Crippen molar-refractivity contribution in [1.82, 2.24) is 9.78 Å². The Morgan fingerprint density at radius 3 is 2.61 bits per heavy atom. The van der Waals surface area contributed by atoms with E-state index >= 15 is 0 Å². The van der Waals surface area contributed by atoms with Crippen LogP contribution in [0.15, 0.2) is 22.7 Å². The Labute approximate surface area is 118 Å². The molecular formula is C12H12BrClFN3. The van der Waals surface area contributed by atoms with Gasteiger partial charge in [-0.25, -0.2) is 9.07 Å². The highest BCUT2D eigenvalue weighted by atomic mass is 79.9. The average Bonchev–Trinajstić information content (AvgIpc) is 2.60. The zero-order valence-electron chi connectivity index (χ0n) is 9.92. The Balaban J connectivity index is 2.57. The number of halogens is 3. The van der Waals surface area contributed by atoms with E-state index in [0.29, 0.717) is 11.5 Å². The second kappa shape index (κ2) is 4.90. The molecule has 0 bridgehead atoms. The SMILES string of the molecule is CC(C)c1nn(-c2ccc(Cl)c(F)c2)c(N)c1Br. The van der Waals surface area contributed by atoms with Crippen LogP contribution in [0.4, 0.5) is 10.2 Å². The molecule has 0 aliphatic carbocycles. The Hall–Kier alpha value is -1.07. The number of hydrogen-bond donors (Lipinski definition) is 1. The van der Waals surface area contributed by atoms with Gasteiger partial charge in [-0.3, -0.25) is 0 Å². The zero-order valence-corrected chi connectivity index (χ0v) is 12.3. The normalized spacial score (nSPS) is 11.2. The molecule has 2 aromatic rings. The third-order valence-corrected chi connectivity index (χ3v) is 3.70. The highest BCUT2D eigenvalue weighted by molar-refractivity contribution is 9.10. The van der Waals surface area contributed by atoms with Crippen LogP contribution in [0.5, 0.6) is 0 Å². The lowest BCUT2D eigenvalue weighted by molar-refractivity contribution is 0.625. The van der Waals surface area contributed by atoms with Gasteiger partial charge >= 0.3 is 0 Å². The first-order chi connectivity index (χ1) is 8.41. The van der Waals surface area contributed by atoms with Crippen molar-refractivity contribution in [3.8, 4) is 5.69 Å². The molecule has 0 spiro atoms. The van der Waals surface area contributed by atoms with Gasteiger partial charge in [0.25, 0.3) is 0 Å². The van der Waals surface area contributed by atoms with Crippen molar-refractivity contribution in [1.29, 1.82) is 0 Å². The second-order valence-corrected chi connectivity index (χ2v) is 5.45. The number of anilines is 1. The smallest absolute Gasteiger partial charge is 0.143 e. The molecule has 6 heteroatoms. The van der Waals surface area contributed by atoms with Crippen molar-refractivity contribution in [2.45, 2.75) is 19.8 Å². The van der Waals surface area contributed by atoms with Gasteiger partial charge < -0.3 is 5.73 Å². The average molecular weight is 333 g/mol. The van der Waals surface area contributed by atoms with Gasteiger partial charge in [0.2, 0.25) is 0 Å². The van der Waals surface area contributed by atoms with Crippen LogP contribution in [0.1, 0.15) is 25.5 Å². The first-order valence-electron chi connectivity index (χ1n) is 5.41. The molecule has 0 amide bonds. The minimum absolute atomic E-state index is 0.0765. The molecular weight excluding hydrogens is 321 g/mol. The van der Waals surface area contributed by atoms with Crippen molar-refractivity contribution in [2.24, 2.45) is 0 Å². The molecule has 0 fully saturated rings. The lowest BCUT2D eigenvalue weighted by Gasteiger charge is -2.04. The molecule has 1 heterocycles. The summed E-state index contributed by atoms with van der Waals surface area (Å²) < 4.78 is 15.7. The van der Waals surface area contributed by atoms with Crippen molar-refractivity contribution in [3.63, 3.8) is 0 Å². The number of aromatic nitrogens is 2. The van der Waals surface area contributed by atoms with Crippen LogP contribution >= 0.6 is 27.5 Å². The molecule has 1 aromatic carbocycles. The van der Waals surface area contributed by atoms with Crippen LogP contribution < -0.4 is 5.73 Å². The number of rotatable bonds is 2. The fraction of sp³-hybridized carbons (Fsp3) is 0.250. The van der Waals surface area contributed by atoms with E-state index in [4.69, 9.17) is 17.3 Å². The fourth-order valence-electron chi connectivity index (χ4n) is 1.61. The van der Waals surface area contributed by atoms with Crippen LogP contribution in [0.3, 0.4) is 0 Å². The topological polar surface area (TPSA) is 43.8 Å². The number of nitrogens with two attached hydrogens (primary N) is 1. The molecule has 2 N–H and O–H groups in total. The summed E-state index contributed by atoms with van der Waals surface area (Å²) in [5, 5.41) is 4.46. The summed E-state index contributed by atoms with van der Waals surface area (Å²) in [6, 6.07) is 4.46. The Morgan fingerprint density at radius 2 is 2.11 bits per heavy atom. The molecule has 18 heavy (non-hydrogen) atoms. The molecule has 0 atom stereocenters. The number of benzene rings is 1. The van der Waals surface area contributed by atoms with Crippen LogP contribution in [0.2, 0.25) is 5.02 Å². The number of hydrogen-bond acceptors (Lipinski definition) is 2. The number of nitrogen functional groups attached to an aromatic ring is 1. The Bertz CT molecular complexity index is 595. The first-order valence-corrected chi connectivity index (χ1v) is 6.58. The van der Waals surface area contributed by atoms with E-state index in [1.165, 1.54) is 16.8 Å². The van der Waals surface area contributed by atoms with Gasteiger partial charge in [-0.2, -0.15) is 5.10 Å². The molecule has 2 rings (SSSR count). The quantitative estimate of drug-likeness (QED) is 0.898. The summed E-state index contributed by atoms with van der Waals surface area (Å²) in [4.78, 5) is 0. The van der Waals surface area contributed by atoms with Gasteiger partial charge in [0.15, 0.2) is 0 Å². The summed E-state index contributed by atoms with van der Waals surface area (Å²) in [6.45, 7) is 4.03. The summed E-state index contributed by atoms with van der Waals surface area (Å²) in [7, 11) is 0. The van der Waals surface area contributed by atoms with Crippen molar-refractivity contribution in [3.05, 3.63) is 39.2 Å².